The molecule has 6 nitrogen and oxygen atoms in total. The molecule has 0 unspecified atom stereocenters. The lowest BCUT2D eigenvalue weighted by atomic mass is 10.1. The quantitative estimate of drug-likeness (QED) is 0.781. The van der Waals surface area contributed by atoms with Gasteiger partial charge in [-0.25, -0.2) is 4.79 Å². The van der Waals surface area contributed by atoms with Gasteiger partial charge in [0.1, 0.15) is 0 Å². The summed E-state index contributed by atoms with van der Waals surface area (Å²) in [5.74, 6) is -1.24. The van der Waals surface area contributed by atoms with Crippen LogP contribution in [-0.2, 0) is 9.53 Å². The summed E-state index contributed by atoms with van der Waals surface area (Å²) in [5.41, 5.74) is 3.17. The van der Waals surface area contributed by atoms with Gasteiger partial charge < -0.3 is 15.4 Å². The van der Waals surface area contributed by atoms with Crippen molar-refractivity contribution >= 4 is 23.5 Å². The minimum atomic E-state index is -0.547. The number of aryl methyl sites for hydroxylation is 2. The maximum atomic E-state index is 12.1. The zero-order chi connectivity index (χ0) is 19.1. The molecule has 0 saturated carbocycles. The van der Waals surface area contributed by atoms with Crippen molar-refractivity contribution in [2.75, 3.05) is 18.5 Å². The Bertz CT molecular complexity index is 830. The molecule has 26 heavy (non-hydrogen) atoms. The van der Waals surface area contributed by atoms with Crippen molar-refractivity contribution in [2.24, 2.45) is 0 Å². The number of carbonyl (C=O) groups is 3. The number of benzene rings is 2. The number of hydrogen-bond acceptors (Lipinski definition) is 4. The zero-order valence-electron chi connectivity index (χ0n) is 15.1. The molecule has 0 atom stereocenters. The van der Waals surface area contributed by atoms with Gasteiger partial charge in [-0.2, -0.15) is 0 Å². The second-order valence-electron chi connectivity index (χ2n) is 5.88. The molecular formula is C20H22N2O4. The molecule has 2 aromatic rings. The van der Waals surface area contributed by atoms with Crippen LogP contribution in [-0.4, -0.2) is 30.9 Å². The highest BCUT2D eigenvalue weighted by molar-refractivity contribution is 5.98. The first-order chi connectivity index (χ1) is 12.4. The highest BCUT2D eigenvalue weighted by atomic mass is 16.5. The summed E-state index contributed by atoms with van der Waals surface area (Å²) in [6, 6.07) is 11.9. The van der Waals surface area contributed by atoms with E-state index in [0.717, 1.165) is 11.1 Å². The number of rotatable bonds is 6. The van der Waals surface area contributed by atoms with Crippen LogP contribution in [0.4, 0.5) is 5.69 Å². The van der Waals surface area contributed by atoms with Gasteiger partial charge in [-0.3, -0.25) is 9.59 Å². The van der Waals surface area contributed by atoms with Crippen LogP contribution in [0.25, 0.3) is 0 Å². The van der Waals surface area contributed by atoms with Gasteiger partial charge in [0.2, 0.25) is 0 Å². The van der Waals surface area contributed by atoms with Crippen molar-refractivity contribution in [1.82, 2.24) is 5.32 Å². The van der Waals surface area contributed by atoms with Gasteiger partial charge in [-0.15, -0.1) is 0 Å². The maximum Gasteiger partial charge on any atom is 0.338 e. The van der Waals surface area contributed by atoms with E-state index in [1.54, 1.807) is 30.3 Å². The zero-order valence-corrected chi connectivity index (χ0v) is 15.1. The van der Waals surface area contributed by atoms with Gasteiger partial charge in [0, 0.05) is 17.8 Å². The van der Waals surface area contributed by atoms with Gasteiger partial charge in [0.25, 0.3) is 11.8 Å². The molecule has 2 N–H and O–H groups in total. The third-order valence-corrected chi connectivity index (χ3v) is 3.68. The smallest absolute Gasteiger partial charge is 0.338 e. The first-order valence-corrected chi connectivity index (χ1v) is 8.33. The summed E-state index contributed by atoms with van der Waals surface area (Å²) < 4.78 is 5.07. The Labute approximate surface area is 152 Å². The minimum absolute atomic E-state index is 0.218. The summed E-state index contributed by atoms with van der Waals surface area (Å²) in [6.07, 6.45) is 0. The number of esters is 1. The van der Waals surface area contributed by atoms with Gasteiger partial charge in [-0.05, 0) is 50.6 Å². The molecule has 2 rings (SSSR count). The third kappa shape index (κ3) is 5.17. The topological polar surface area (TPSA) is 84.5 Å². The molecular weight excluding hydrogens is 332 g/mol. The van der Waals surface area contributed by atoms with Gasteiger partial charge >= 0.3 is 5.97 Å². The summed E-state index contributed by atoms with van der Waals surface area (Å²) >= 11 is 0. The first-order valence-electron chi connectivity index (χ1n) is 8.33. The highest BCUT2D eigenvalue weighted by Crippen LogP contribution is 2.13. The lowest BCUT2D eigenvalue weighted by Gasteiger charge is -2.09. The van der Waals surface area contributed by atoms with Gasteiger partial charge in [0.15, 0.2) is 6.61 Å². The predicted molar refractivity (Wildman–Crippen MR) is 99.3 cm³/mol. The Morgan fingerprint density at radius 2 is 1.81 bits per heavy atom. The lowest BCUT2D eigenvalue weighted by molar-refractivity contribution is -0.119. The second kappa shape index (κ2) is 8.80. The van der Waals surface area contributed by atoms with Crippen LogP contribution < -0.4 is 10.6 Å². The van der Waals surface area contributed by atoms with E-state index in [1.807, 2.05) is 32.9 Å². The van der Waals surface area contributed by atoms with Crippen LogP contribution in [0.5, 0.6) is 0 Å². The Balaban J connectivity index is 1.93. The summed E-state index contributed by atoms with van der Waals surface area (Å²) in [6.45, 7) is 5.69. The van der Waals surface area contributed by atoms with Crippen LogP contribution in [0.3, 0.4) is 0 Å². The normalized spacial score (nSPS) is 10.1. The van der Waals surface area contributed by atoms with E-state index in [4.69, 9.17) is 4.74 Å². The molecule has 0 aromatic heterocycles. The monoisotopic (exact) mass is 354 g/mol. The largest absolute Gasteiger partial charge is 0.452 e. The van der Waals surface area contributed by atoms with Crippen molar-refractivity contribution in [1.29, 1.82) is 0 Å². The Hall–Kier alpha value is -3.15. The molecule has 0 radical (unpaired) electrons. The van der Waals surface area contributed by atoms with Crippen LogP contribution in [0.1, 0.15) is 38.8 Å². The summed E-state index contributed by atoms with van der Waals surface area (Å²) in [4.78, 5) is 35.9. The molecule has 2 aromatic carbocycles. The fourth-order valence-electron chi connectivity index (χ4n) is 2.45. The first kappa shape index (κ1) is 19.2. The van der Waals surface area contributed by atoms with Crippen LogP contribution >= 0.6 is 0 Å². The van der Waals surface area contributed by atoms with Crippen LogP contribution in [0.2, 0.25) is 0 Å². The summed E-state index contributed by atoms with van der Waals surface area (Å²) in [7, 11) is 0. The van der Waals surface area contributed by atoms with Gasteiger partial charge in [0.05, 0.1) is 5.56 Å². The Kier molecular flexibility index (Phi) is 6.49. The van der Waals surface area contributed by atoms with Crippen molar-refractivity contribution in [3.05, 3.63) is 64.7 Å². The molecule has 0 fully saturated rings. The molecule has 0 aliphatic carbocycles. The molecule has 0 heterocycles. The molecule has 0 aliphatic heterocycles. The maximum absolute atomic E-state index is 12.1. The average molecular weight is 354 g/mol. The van der Waals surface area contributed by atoms with E-state index in [-0.39, 0.29) is 5.91 Å². The van der Waals surface area contributed by atoms with Gasteiger partial charge in [-0.1, -0.05) is 23.8 Å². The standard InChI is InChI=1S/C20H22N2O4/c1-4-21-19(24)15-6-5-7-16(11-15)22-18(23)12-26-20(25)17-9-8-13(2)10-14(17)3/h5-11H,4,12H2,1-3H3,(H,21,24)(H,22,23). The van der Waals surface area contributed by atoms with E-state index in [9.17, 15) is 14.4 Å². The Morgan fingerprint density at radius 1 is 1.04 bits per heavy atom. The number of hydrogen-bond donors (Lipinski definition) is 2. The molecule has 6 heteroatoms. The third-order valence-electron chi connectivity index (χ3n) is 3.68. The molecule has 136 valence electrons. The van der Waals surface area contributed by atoms with Crippen LogP contribution in [0, 0.1) is 13.8 Å². The number of nitrogens with one attached hydrogen (secondary N) is 2. The number of ether oxygens (including phenoxy) is 1. The predicted octanol–water partition coefficient (Wildman–Crippen LogP) is 2.85. The van der Waals surface area contributed by atoms with Crippen molar-refractivity contribution in [3.63, 3.8) is 0 Å². The van der Waals surface area contributed by atoms with Crippen molar-refractivity contribution in [3.8, 4) is 0 Å². The van der Waals surface area contributed by atoms with Crippen molar-refractivity contribution < 1.29 is 19.1 Å². The van der Waals surface area contributed by atoms with Crippen molar-refractivity contribution in [2.45, 2.75) is 20.8 Å². The average Bonchev–Trinajstić information content (AvgIpc) is 2.60. The number of carbonyl (C=O) groups excluding carboxylic acids is 3. The van der Waals surface area contributed by atoms with E-state index < -0.39 is 18.5 Å². The fourth-order valence-corrected chi connectivity index (χ4v) is 2.45. The minimum Gasteiger partial charge on any atom is -0.452 e. The lowest BCUT2D eigenvalue weighted by Crippen LogP contribution is -2.23. The number of amides is 2. The highest BCUT2D eigenvalue weighted by Gasteiger charge is 2.13. The van der Waals surface area contributed by atoms with E-state index >= 15 is 0 Å². The molecule has 0 spiro atoms. The molecule has 0 aliphatic rings. The van der Waals surface area contributed by atoms with Crippen LogP contribution in [0.15, 0.2) is 42.5 Å². The number of anilines is 1. The van der Waals surface area contributed by atoms with E-state index in [2.05, 4.69) is 10.6 Å². The second-order valence-corrected chi connectivity index (χ2v) is 5.88. The van der Waals surface area contributed by atoms with E-state index in [0.29, 0.717) is 23.4 Å². The molecule has 0 bridgehead atoms. The molecule has 2 amide bonds. The molecule has 0 saturated heterocycles. The Morgan fingerprint density at radius 3 is 2.50 bits per heavy atom. The fraction of sp³-hybridized carbons (Fsp3) is 0.250. The SMILES string of the molecule is CCNC(=O)c1cccc(NC(=O)COC(=O)c2ccc(C)cc2C)c1. The van der Waals surface area contributed by atoms with E-state index in [1.165, 1.54) is 0 Å². The summed E-state index contributed by atoms with van der Waals surface area (Å²) in [5, 5.41) is 5.30.